The second-order valence-electron chi connectivity index (χ2n) is 7.83. The van der Waals surface area contributed by atoms with Crippen molar-refractivity contribution in [3.63, 3.8) is 0 Å². The Bertz CT molecular complexity index is 1290. The van der Waals surface area contributed by atoms with Crippen molar-refractivity contribution < 1.29 is 5.11 Å². The number of hydrogen-bond donors (Lipinski definition) is 1. The number of halogens is 1. The van der Waals surface area contributed by atoms with Gasteiger partial charge in [0.1, 0.15) is 11.3 Å². The highest BCUT2D eigenvalue weighted by molar-refractivity contribution is 6.30. The van der Waals surface area contributed by atoms with Crippen LogP contribution in [0.4, 0.5) is 0 Å². The zero-order valence-electron chi connectivity index (χ0n) is 16.8. The number of aliphatic hydroxyl groups is 1. The van der Waals surface area contributed by atoms with Crippen molar-refractivity contribution >= 4 is 22.5 Å². The van der Waals surface area contributed by atoms with E-state index >= 15 is 0 Å². The molecule has 0 bridgehead atoms. The summed E-state index contributed by atoms with van der Waals surface area (Å²) in [5, 5.41) is 11.8. The molecule has 1 N–H and O–H groups in total. The van der Waals surface area contributed by atoms with Crippen LogP contribution in [0.1, 0.15) is 31.7 Å². The molecule has 0 saturated heterocycles. The van der Waals surface area contributed by atoms with Crippen molar-refractivity contribution in [3.8, 4) is 22.6 Å². The van der Waals surface area contributed by atoms with Crippen LogP contribution in [0.3, 0.4) is 0 Å². The third-order valence-corrected chi connectivity index (χ3v) is 6.13. The Balaban J connectivity index is 1.83. The molecule has 0 spiro atoms. The van der Waals surface area contributed by atoms with Gasteiger partial charge in [-0.1, -0.05) is 24.4 Å². The first-order valence-corrected chi connectivity index (χ1v) is 10.8. The van der Waals surface area contributed by atoms with Crippen molar-refractivity contribution in [1.82, 2.24) is 19.5 Å². The molecule has 2 atom stereocenters. The van der Waals surface area contributed by atoms with Crippen molar-refractivity contribution in [2.24, 2.45) is 0 Å². The molecule has 1 saturated carbocycles. The Morgan fingerprint density at radius 3 is 2.55 bits per heavy atom. The topological polar surface area (TPSA) is 80.9 Å². The summed E-state index contributed by atoms with van der Waals surface area (Å²) < 4.78 is 1.67. The van der Waals surface area contributed by atoms with Crippen molar-refractivity contribution in [2.75, 3.05) is 0 Å². The molecular weight excluding hydrogens is 412 g/mol. The lowest BCUT2D eigenvalue weighted by Gasteiger charge is -2.31. The molecule has 31 heavy (non-hydrogen) atoms. The lowest BCUT2D eigenvalue weighted by Crippen LogP contribution is -2.36. The molecule has 7 heteroatoms. The maximum absolute atomic E-state index is 13.8. The number of rotatable bonds is 3. The zero-order chi connectivity index (χ0) is 21.4. The molecule has 0 aliphatic heterocycles. The zero-order valence-corrected chi connectivity index (χ0v) is 17.5. The summed E-state index contributed by atoms with van der Waals surface area (Å²) in [6, 6.07) is 12.4. The maximum atomic E-state index is 13.8. The fourth-order valence-corrected chi connectivity index (χ4v) is 4.47. The maximum Gasteiger partial charge on any atom is 0.262 e. The van der Waals surface area contributed by atoms with Crippen LogP contribution in [0.25, 0.3) is 33.5 Å². The number of hydrogen-bond acceptors (Lipinski definition) is 5. The minimum Gasteiger partial charge on any atom is -0.391 e. The van der Waals surface area contributed by atoms with E-state index in [9.17, 15) is 9.90 Å². The number of pyridine rings is 2. The highest BCUT2D eigenvalue weighted by atomic mass is 35.5. The van der Waals surface area contributed by atoms with Gasteiger partial charge in [-0.3, -0.25) is 19.3 Å². The third kappa shape index (κ3) is 3.62. The SMILES string of the molecule is O=c1c2ccnc(-c3cccnc3)c2nc(-c2ccc(Cl)cc2)n1[C@H]1CCCC[C@H]1O. The lowest BCUT2D eigenvalue weighted by atomic mass is 9.92. The molecule has 1 fully saturated rings. The fourth-order valence-electron chi connectivity index (χ4n) is 4.34. The first-order valence-electron chi connectivity index (χ1n) is 10.4. The Morgan fingerprint density at radius 2 is 1.81 bits per heavy atom. The second kappa shape index (κ2) is 8.21. The Labute approximate surface area is 184 Å². The van der Waals surface area contributed by atoms with E-state index in [1.807, 2.05) is 24.3 Å². The van der Waals surface area contributed by atoms with Crippen molar-refractivity contribution in [1.29, 1.82) is 0 Å². The Kier molecular flexibility index (Phi) is 5.26. The molecule has 0 amide bonds. The lowest BCUT2D eigenvalue weighted by molar-refractivity contribution is 0.0744. The van der Waals surface area contributed by atoms with E-state index in [0.717, 1.165) is 30.4 Å². The van der Waals surface area contributed by atoms with Gasteiger partial charge in [0.25, 0.3) is 5.56 Å². The predicted molar refractivity (Wildman–Crippen MR) is 121 cm³/mol. The van der Waals surface area contributed by atoms with Crippen LogP contribution in [-0.4, -0.2) is 30.7 Å². The first kappa shape index (κ1) is 19.8. The van der Waals surface area contributed by atoms with Gasteiger partial charge in [0.05, 0.1) is 23.2 Å². The highest BCUT2D eigenvalue weighted by Gasteiger charge is 2.29. The van der Waals surface area contributed by atoms with E-state index in [2.05, 4.69) is 9.97 Å². The molecule has 156 valence electrons. The summed E-state index contributed by atoms with van der Waals surface area (Å²) >= 11 is 6.10. The standard InChI is InChI=1S/C24H21ClN4O2/c25-17-9-7-15(8-10-17)23-28-22-18(11-13-27-21(22)16-4-3-12-26-14-16)24(31)29(23)19-5-1-2-6-20(19)30/h3-4,7-14,19-20,30H,1-2,5-6H2/t19-,20+/m0/s1. The molecule has 0 radical (unpaired) electrons. The number of fused-ring (bicyclic) bond motifs is 1. The summed E-state index contributed by atoms with van der Waals surface area (Å²) in [6.07, 6.45) is 7.76. The molecule has 0 unspecified atom stereocenters. The van der Waals surface area contributed by atoms with Crippen LogP contribution in [0.15, 0.2) is 65.8 Å². The number of benzene rings is 1. The summed E-state index contributed by atoms with van der Waals surface area (Å²) in [7, 11) is 0. The van der Waals surface area contributed by atoms with Gasteiger partial charge in [-0.15, -0.1) is 0 Å². The monoisotopic (exact) mass is 432 g/mol. The average molecular weight is 433 g/mol. The number of aromatic nitrogens is 4. The van der Waals surface area contributed by atoms with E-state index in [1.54, 1.807) is 41.4 Å². The fraction of sp³-hybridized carbons (Fsp3) is 0.250. The van der Waals surface area contributed by atoms with Gasteiger partial charge in [-0.25, -0.2) is 4.98 Å². The minimum absolute atomic E-state index is 0.173. The van der Waals surface area contributed by atoms with Crippen molar-refractivity contribution in [3.05, 3.63) is 76.4 Å². The van der Waals surface area contributed by atoms with Gasteiger partial charge in [-0.2, -0.15) is 0 Å². The highest BCUT2D eigenvalue weighted by Crippen LogP contribution is 2.33. The van der Waals surface area contributed by atoms with Gasteiger partial charge in [0, 0.05) is 34.7 Å². The van der Waals surface area contributed by atoms with Crippen LogP contribution < -0.4 is 5.56 Å². The molecular formula is C24H21ClN4O2. The summed E-state index contributed by atoms with van der Waals surface area (Å²) in [5.41, 5.74) is 2.51. The molecule has 5 rings (SSSR count). The first-order chi connectivity index (χ1) is 15.1. The van der Waals surface area contributed by atoms with Gasteiger partial charge in [0.15, 0.2) is 0 Å². The van der Waals surface area contributed by atoms with Crippen LogP contribution >= 0.6 is 11.6 Å². The summed E-state index contributed by atoms with van der Waals surface area (Å²) in [4.78, 5) is 27.4. The molecule has 1 aliphatic carbocycles. The van der Waals surface area contributed by atoms with Crippen LogP contribution in [-0.2, 0) is 0 Å². The third-order valence-electron chi connectivity index (χ3n) is 5.88. The Hall–Kier alpha value is -3.09. The van der Waals surface area contributed by atoms with Gasteiger partial charge in [0.2, 0.25) is 0 Å². The minimum atomic E-state index is -0.587. The van der Waals surface area contributed by atoms with E-state index < -0.39 is 6.10 Å². The van der Waals surface area contributed by atoms with Crippen LogP contribution in [0.2, 0.25) is 5.02 Å². The summed E-state index contributed by atoms with van der Waals surface area (Å²) in [5.74, 6) is 0.512. The van der Waals surface area contributed by atoms with Gasteiger partial charge < -0.3 is 5.11 Å². The van der Waals surface area contributed by atoms with Gasteiger partial charge >= 0.3 is 0 Å². The molecule has 4 aromatic rings. The average Bonchev–Trinajstić information content (AvgIpc) is 2.80. The molecule has 3 heterocycles. The number of nitrogens with zero attached hydrogens (tertiary/aromatic N) is 4. The predicted octanol–water partition coefficient (Wildman–Crippen LogP) is 4.65. The van der Waals surface area contributed by atoms with Crippen molar-refractivity contribution in [2.45, 2.75) is 37.8 Å². The normalized spacial score (nSPS) is 18.9. The quantitative estimate of drug-likeness (QED) is 0.509. The summed E-state index contributed by atoms with van der Waals surface area (Å²) in [6.45, 7) is 0. The second-order valence-corrected chi connectivity index (χ2v) is 8.27. The van der Waals surface area contributed by atoms with Crippen LogP contribution in [0.5, 0.6) is 0 Å². The largest absolute Gasteiger partial charge is 0.391 e. The van der Waals surface area contributed by atoms with Crippen LogP contribution in [0, 0.1) is 0 Å². The van der Waals surface area contributed by atoms with E-state index in [-0.39, 0.29) is 11.6 Å². The van der Waals surface area contributed by atoms with E-state index in [1.165, 1.54) is 0 Å². The molecule has 6 nitrogen and oxygen atoms in total. The smallest absolute Gasteiger partial charge is 0.262 e. The molecule has 3 aromatic heterocycles. The van der Waals surface area contributed by atoms with E-state index in [4.69, 9.17) is 16.6 Å². The molecule has 1 aliphatic rings. The molecule has 1 aromatic carbocycles. The van der Waals surface area contributed by atoms with Gasteiger partial charge in [-0.05, 0) is 55.3 Å². The Morgan fingerprint density at radius 1 is 1.00 bits per heavy atom. The van der Waals surface area contributed by atoms with E-state index in [0.29, 0.717) is 33.9 Å². The number of aliphatic hydroxyl groups excluding tert-OH is 1.